The normalized spacial score (nSPS) is 15.2. The zero-order chi connectivity index (χ0) is 19.2. The Hall–Kier alpha value is -2.70. The van der Waals surface area contributed by atoms with Crippen molar-refractivity contribution in [3.8, 4) is 0 Å². The van der Waals surface area contributed by atoms with Crippen LogP contribution in [0.4, 0.5) is 5.69 Å². The van der Waals surface area contributed by atoms with Gasteiger partial charge in [0.2, 0.25) is 5.91 Å². The zero-order valence-electron chi connectivity index (χ0n) is 14.8. The molecule has 0 bridgehead atoms. The molecule has 1 saturated heterocycles. The van der Waals surface area contributed by atoms with E-state index in [-0.39, 0.29) is 11.6 Å². The molecule has 0 aliphatic carbocycles. The van der Waals surface area contributed by atoms with Crippen LogP contribution in [-0.2, 0) is 11.3 Å². The highest BCUT2D eigenvalue weighted by Gasteiger charge is 2.20. The molecule has 0 saturated carbocycles. The monoisotopic (exact) mass is 385 g/mol. The minimum atomic E-state index is -0.446. The maximum absolute atomic E-state index is 12.4. The van der Waals surface area contributed by atoms with E-state index in [0.29, 0.717) is 18.7 Å². The van der Waals surface area contributed by atoms with Crippen LogP contribution in [0.1, 0.15) is 11.1 Å². The van der Waals surface area contributed by atoms with Crippen LogP contribution in [0.5, 0.6) is 0 Å². The number of rotatable bonds is 5. The Balaban J connectivity index is 1.55. The molecule has 0 N–H and O–H groups in total. The van der Waals surface area contributed by atoms with Gasteiger partial charge in [-0.2, -0.15) is 0 Å². The number of carbonyl (C=O) groups excluding carboxylic acids is 1. The summed E-state index contributed by atoms with van der Waals surface area (Å²) in [5, 5.41) is 11.8. The van der Waals surface area contributed by atoms with Crippen LogP contribution in [0.15, 0.2) is 54.6 Å². The van der Waals surface area contributed by atoms with Gasteiger partial charge in [0.15, 0.2) is 0 Å². The predicted octanol–water partition coefficient (Wildman–Crippen LogP) is 3.61. The summed E-state index contributed by atoms with van der Waals surface area (Å²) in [5.41, 5.74) is 1.57. The zero-order valence-corrected chi connectivity index (χ0v) is 15.5. The lowest BCUT2D eigenvalue weighted by atomic mass is 10.1. The Morgan fingerprint density at radius 1 is 1.11 bits per heavy atom. The average Bonchev–Trinajstić information content (AvgIpc) is 2.67. The first-order valence-electron chi connectivity index (χ1n) is 8.70. The fraction of sp³-hybridized carbons (Fsp3) is 0.250. The van der Waals surface area contributed by atoms with Crippen molar-refractivity contribution >= 4 is 29.3 Å². The molecule has 0 atom stereocenters. The van der Waals surface area contributed by atoms with E-state index in [4.69, 9.17) is 11.6 Å². The number of hydrogen-bond donors (Lipinski definition) is 0. The van der Waals surface area contributed by atoms with E-state index in [1.807, 2.05) is 24.3 Å². The van der Waals surface area contributed by atoms with Crippen LogP contribution >= 0.6 is 11.6 Å². The summed E-state index contributed by atoms with van der Waals surface area (Å²) < 4.78 is 0. The molecule has 0 spiro atoms. The van der Waals surface area contributed by atoms with Gasteiger partial charge in [-0.25, -0.2) is 0 Å². The molecule has 3 rings (SSSR count). The van der Waals surface area contributed by atoms with Gasteiger partial charge in [0.05, 0.1) is 10.5 Å². The van der Waals surface area contributed by atoms with E-state index in [9.17, 15) is 14.9 Å². The Morgan fingerprint density at radius 2 is 1.85 bits per heavy atom. The highest BCUT2D eigenvalue weighted by molar-refractivity contribution is 6.30. The second-order valence-electron chi connectivity index (χ2n) is 6.38. The summed E-state index contributed by atoms with van der Waals surface area (Å²) in [7, 11) is 0. The molecular formula is C20H20ClN3O3. The number of nitro groups is 1. The Labute approximate surface area is 162 Å². The first-order valence-corrected chi connectivity index (χ1v) is 9.08. The van der Waals surface area contributed by atoms with Crippen molar-refractivity contribution in [1.82, 2.24) is 9.80 Å². The molecule has 0 aromatic heterocycles. The molecule has 2 aromatic carbocycles. The number of nitrogens with zero attached hydrogens (tertiary/aromatic N) is 3. The van der Waals surface area contributed by atoms with Gasteiger partial charge in [0.25, 0.3) is 5.69 Å². The Morgan fingerprint density at radius 3 is 2.56 bits per heavy atom. The van der Waals surface area contributed by atoms with Crippen molar-refractivity contribution in [2.24, 2.45) is 0 Å². The molecular weight excluding hydrogens is 366 g/mol. The molecule has 0 unspecified atom stereocenters. The maximum atomic E-state index is 12.4. The molecule has 1 aliphatic heterocycles. The summed E-state index contributed by atoms with van der Waals surface area (Å²) in [4.78, 5) is 27.0. The number of piperazine rings is 1. The number of para-hydroxylation sites is 1. The lowest BCUT2D eigenvalue weighted by molar-refractivity contribution is -0.385. The topological polar surface area (TPSA) is 66.7 Å². The average molecular weight is 386 g/mol. The van der Waals surface area contributed by atoms with Crippen molar-refractivity contribution in [2.75, 3.05) is 26.2 Å². The minimum absolute atomic E-state index is 0.00658. The first kappa shape index (κ1) is 19.1. The highest BCUT2D eigenvalue weighted by atomic mass is 35.5. The molecule has 27 heavy (non-hydrogen) atoms. The smallest absolute Gasteiger partial charge is 0.276 e. The van der Waals surface area contributed by atoms with Crippen molar-refractivity contribution in [3.05, 3.63) is 80.9 Å². The van der Waals surface area contributed by atoms with Crippen molar-refractivity contribution in [3.63, 3.8) is 0 Å². The van der Waals surface area contributed by atoms with Crippen LogP contribution in [0.3, 0.4) is 0 Å². The number of hydrogen-bond acceptors (Lipinski definition) is 4. The number of halogens is 1. The van der Waals surface area contributed by atoms with Gasteiger partial charge in [0, 0.05) is 49.9 Å². The Bertz CT molecular complexity index is 861. The van der Waals surface area contributed by atoms with E-state index in [0.717, 1.165) is 30.2 Å². The standard InChI is InChI=1S/C20H20ClN3O3/c21-18-6-3-4-16(14-18)15-22-10-12-23(13-11-22)20(25)9-8-17-5-1-2-7-19(17)24(26)27/h1-9,14H,10-13,15H2/b9-8+. The third-order valence-electron chi connectivity index (χ3n) is 4.52. The molecule has 1 aliphatic rings. The van der Waals surface area contributed by atoms with E-state index >= 15 is 0 Å². The number of amides is 1. The van der Waals surface area contributed by atoms with E-state index in [2.05, 4.69) is 4.90 Å². The predicted molar refractivity (Wildman–Crippen MR) is 105 cm³/mol. The minimum Gasteiger partial charge on any atom is -0.337 e. The lowest BCUT2D eigenvalue weighted by Crippen LogP contribution is -2.47. The molecule has 0 radical (unpaired) electrons. The second kappa shape index (κ2) is 8.79. The molecule has 7 heteroatoms. The van der Waals surface area contributed by atoms with E-state index < -0.39 is 4.92 Å². The summed E-state index contributed by atoms with van der Waals surface area (Å²) in [6.07, 6.45) is 2.92. The van der Waals surface area contributed by atoms with Gasteiger partial charge in [-0.15, -0.1) is 0 Å². The summed E-state index contributed by atoms with van der Waals surface area (Å²) >= 11 is 6.02. The van der Waals surface area contributed by atoms with Gasteiger partial charge in [-0.05, 0) is 29.8 Å². The van der Waals surface area contributed by atoms with Crippen LogP contribution in [0.2, 0.25) is 5.02 Å². The van der Waals surface area contributed by atoms with E-state index in [1.165, 1.54) is 18.2 Å². The summed E-state index contributed by atoms with van der Waals surface area (Å²) in [6, 6.07) is 14.2. The molecule has 6 nitrogen and oxygen atoms in total. The van der Waals surface area contributed by atoms with Crippen LogP contribution in [0.25, 0.3) is 6.08 Å². The fourth-order valence-electron chi connectivity index (χ4n) is 3.08. The van der Waals surface area contributed by atoms with Crippen molar-refractivity contribution in [1.29, 1.82) is 0 Å². The van der Waals surface area contributed by atoms with Crippen molar-refractivity contribution < 1.29 is 9.72 Å². The van der Waals surface area contributed by atoms with Crippen LogP contribution in [-0.4, -0.2) is 46.8 Å². The molecule has 1 heterocycles. The van der Waals surface area contributed by atoms with Crippen molar-refractivity contribution in [2.45, 2.75) is 6.54 Å². The Kier molecular flexibility index (Phi) is 6.21. The third kappa shape index (κ3) is 5.15. The number of carbonyl (C=O) groups is 1. The quantitative estimate of drug-likeness (QED) is 0.448. The number of benzene rings is 2. The summed E-state index contributed by atoms with van der Waals surface area (Å²) in [6.45, 7) is 3.60. The third-order valence-corrected chi connectivity index (χ3v) is 4.75. The van der Waals surface area contributed by atoms with Crippen LogP contribution < -0.4 is 0 Å². The summed E-state index contributed by atoms with van der Waals surface area (Å²) in [5.74, 6) is -0.129. The second-order valence-corrected chi connectivity index (χ2v) is 6.82. The highest BCUT2D eigenvalue weighted by Crippen LogP contribution is 2.19. The fourth-order valence-corrected chi connectivity index (χ4v) is 3.29. The molecule has 1 fully saturated rings. The molecule has 2 aromatic rings. The van der Waals surface area contributed by atoms with Crippen LogP contribution in [0, 0.1) is 10.1 Å². The van der Waals surface area contributed by atoms with Gasteiger partial charge in [-0.3, -0.25) is 19.8 Å². The lowest BCUT2D eigenvalue weighted by Gasteiger charge is -2.34. The SMILES string of the molecule is O=C(/C=C/c1ccccc1[N+](=O)[O-])N1CCN(Cc2cccc(Cl)c2)CC1. The van der Waals surface area contributed by atoms with E-state index in [1.54, 1.807) is 23.1 Å². The van der Waals surface area contributed by atoms with Gasteiger partial charge in [-0.1, -0.05) is 35.9 Å². The molecule has 140 valence electrons. The van der Waals surface area contributed by atoms with Gasteiger partial charge >= 0.3 is 0 Å². The largest absolute Gasteiger partial charge is 0.337 e. The van der Waals surface area contributed by atoms with Gasteiger partial charge in [0.1, 0.15) is 0 Å². The first-order chi connectivity index (χ1) is 13.0. The molecule has 1 amide bonds. The number of nitro benzene ring substituents is 1. The maximum Gasteiger partial charge on any atom is 0.276 e. The van der Waals surface area contributed by atoms with Gasteiger partial charge < -0.3 is 4.90 Å².